The predicted molar refractivity (Wildman–Crippen MR) is 102 cm³/mol. The number of ketones is 1. The molecule has 2 aliphatic rings. The van der Waals surface area contributed by atoms with Crippen LogP contribution in [0.25, 0.3) is 0 Å². The molecule has 3 N–H and O–H groups in total. The number of amides is 1. The van der Waals surface area contributed by atoms with Crippen LogP contribution in [0.4, 0.5) is 8.78 Å². The number of piperidine rings is 1. The minimum absolute atomic E-state index is 0.0422. The summed E-state index contributed by atoms with van der Waals surface area (Å²) in [7, 11) is 0. The van der Waals surface area contributed by atoms with Crippen molar-refractivity contribution in [2.75, 3.05) is 19.6 Å². The maximum atomic E-state index is 13.2. The second kappa shape index (κ2) is 10.3. The van der Waals surface area contributed by atoms with Gasteiger partial charge in [-0.2, -0.15) is 0 Å². The lowest BCUT2D eigenvalue weighted by molar-refractivity contribution is -0.129. The second-order valence-electron chi connectivity index (χ2n) is 8.00. The first kappa shape index (κ1) is 22.0. The van der Waals surface area contributed by atoms with Crippen molar-refractivity contribution in [1.29, 1.82) is 0 Å². The van der Waals surface area contributed by atoms with Crippen molar-refractivity contribution in [3.05, 3.63) is 12.7 Å². The van der Waals surface area contributed by atoms with E-state index in [1.54, 1.807) is 6.08 Å². The molecule has 0 unspecified atom stereocenters. The Bertz CT molecular complexity index is 511. The molecular formula is C20H33F2N3O2. The molecule has 1 saturated carbocycles. The Morgan fingerprint density at radius 2 is 1.89 bits per heavy atom. The van der Waals surface area contributed by atoms with E-state index in [0.717, 1.165) is 12.8 Å². The average molecular weight is 385 g/mol. The molecular weight excluding hydrogens is 352 g/mol. The number of likely N-dealkylation sites (tertiary alicyclic amines) is 1. The van der Waals surface area contributed by atoms with Crippen LogP contribution in [0.15, 0.2) is 12.7 Å². The van der Waals surface area contributed by atoms with E-state index in [0.29, 0.717) is 44.8 Å². The number of hydrogen-bond acceptors (Lipinski definition) is 4. The van der Waals surface area contributed by atoms with Gasteiger partial charge in [-0.3, -0.25) is 9.59 Å². The quantitative estimate of drug-likeness (QED) is 0.567. The van der Waals surface area contributed by atoms with Crippen LogP contribution >= 0.6 is 0 Å². The Morgan fingerprint density at radius 3 is 2.48 bits per heavy atom. The molecule has 27 heavy (non-hydrogen) atoms. The van der Waals surface area contributed by atoms with Crippen molar-refractivity contribution in [3.8, 4) is 0 Å². The summed E-state index contributed by atoms with van der Waals surface area (Å²) < 4.78 is 26.4. The molecule has 2 fully saturated rings. The third-order valence-electron chi connectivity index (χ3n) is 5.75. The summed E-state index contributed by atoms with van der Waals surface area (Å²) in [5.41, 5.74) is 5.97. The van der Waals surface area contributed by atoms with Crippen molar-refractivity contribution in [2.24, 2.45) is 11.7 Å². The summed E-state index contributed by atoms with van der Waals surface area (Å²) in [5.74, 6) is -2.47. The molecule has 2 atom stereocenters. The number of nitrogens with zero attached hydrogens (tertiary/aromatic N) is 1. The van der Waals surface area contributed by atoms with E-state index in [1.165, 1.54) is 12.8 Å². The molecule has 7 heteroatoms. The normalized spacial score (nSPS) is 22.9. The van der Waals surface area contributed by atoms with E-state index < -0.39 is 18.0 Å². The highest BCUT2D eigenvalue weighted by Gasteiger charge is 2.34. The molecule has 0 aromatic carbocycles. The lowest BCUT2D eigenvalue weighted by Gasteiger charge is -2.32. The number of halogens is 2. The summed E-state index contributed by atoms with van der Waals surface area (Å²) >= 11 is 0. The first-order valence-electron chi connectivity index (χ1n) is 10.1. The maximum absolute atomic E-state index is 13.2. The van der Waals surface area contributed by atoms with E-state index in [9.17, 15) is 18.4 Å². The first-order chi connectivity index (χ1) is 12.8. The number of carbonyl (C=O) groups is 2. The number of Topliss-reactive ketones (excluding diaryl/α,β-unsaturated/α-hetero) is 1. The molecule has 0 radical (unpaired) electrons. The molecule has 1 heterocycles. The van der Waals surface area contributed by atoms with Gasteiger partial charge in [-0.15, -0.1) is 6.58 Å². The minimum Gasteiger partial charge on any atom is -0.345 e. The Morgan fingerprint density at radius 1 is 1.26 bits per heavy atom. The monoisotopic (exact) mass is 385 g/mol. The average Bonchev–Trinajstić information content (AvgIpc) is 3.13. The Balaban J connectivity index is 1.76. The first-order valence-corrected chi connectivity index (χ1v) is 10.1. The van der Waals surface area contributed by atoms with Crippen LogP contribution in [0, 0.1) is 5.92 Å². The molecule has 1 aliphatic carbocycles. The molecule has 1 amide bonds. The van der Waals surface area contributed by atoms with Crippen molar-refractivity contribution in [3.63, 3.8) is 0 Å². The van der Waals surface area contributed by atoms with Gasteiger partial charge in [0.25, 0.3) is 5.92 Å². The molecule has 1 saturated heterocycles. The highest BCUT2D eigenvalue weighted by atomic mass is 19.3. The molecule has 154 valence electrons. The fourth-order valence-corrected chi connectivity index (χ4v) is 3.91. The van der Waals surface area contributed by atoms with Crippen LogP contribution in [-0.4, -0.2) is 54.2 Å². The van der Waals surface area contributed by atoms with Gasteiger partial charge < -0.3 is 16.0 Å². The molecule has 0 bridgehead atoms. The van der Waals surface area contributed by atoms with Gasteiger partial charge in [-0.1, -0.05) is 31.8 Å². The van der Waals surface area contributed by atoms with Crippen LogP contribution in [0.2, 0.25) is 0 Å². The van der Waals surface area contributed by atoms with E-state index in [1.807, 2.05) is 4.90 Å². The van der Waals surface area contributed by atoms with E-state index in [4.69, 9.17) is 5.73 Å². The number of nitrogens with two attached hydrogens (primary N) is 1. The SMILES string of the molecule is C=CC[C@H](NC(=O)[C@@H](N)CCN1CCC(F)(F)CC1)C(=O)CC1CCCC1. The highest BCUT2D eigenvalue weighted by Crippen LogP contribution is 2.28. The van der Waals surface area contributed by atoms with Gasteiger partial charge in [0.05, 0.1) is 12.1 Å². The molecule has 2 rings (SSSR count). The van der Waals surface area contributed by atoms with E-state index >= 15 is 0 Å². The fraction of sp³-hybridized carbons (Fsp3) is 0.800. The second-order valence-corrected chi connectivity index (χ2v) is 8.00. The maximum Gasteiger partial charge on any atom is 0.250 e. The molecule has 1 aliphatic heterocycles. The van der Waals surface area contributed by atoms with Crippen molar-refractivity contribution >= 4 is 11.7 Å². The summed E-state index contributed by atoms with van der Waals surface area (Å²) in [6.07, 6.45) is 7.11. The van der Waals surface area contributed by atoms with Crippen molar-refractivity contribution in [1.82, 2.24) is 10.2 Å². The van der Waals surface area contributed by atoms with Gasteiger partial charge in [0, 0.05) is 38.9 Å². The van der Waals surface area contributed by atoms with Crippen LogP contribution in [0.3, 0.4) is 0 Å². The van der Waals surface area contributed by atoms with Crippen LogP contribution in [0.1, 0.15) is 57.8 Å². The number of nitrogens with one attached hydrogen (secondary N) is 1. The Kier molecular flexibility index (Phi) is 8.35. The third-order valence-corrected chi connectivity index (χ3v) is 5.75. The van der Waals surface area contributed by atoms with Crippen LogP contribution < -0.4 is 11.1 Å². The smallest absolute Gasteiger partial charge is 0.250 e. The highest BCUT2D eigenvalue weighted by molar-refractivity contribution is 5.91. The molecule has 0 aromatic heterocycles. The summed E-state index contributed by atoms with van der Waals surface area (Å²) in [4.78, 5) is 26.8. The van der Waals surface area contributed by atoms with Crippen molar-refractivity contribution in [2.45, 2.75) is 75.8 Å². The van der Waals surface area contributed by atoms with Gasteiger partial charge in [-0.05, 0) is 18.8 Å². The lowest BCUT2D eigenvalue weighted by Crippen LogP contribution is -2.50. The zero-order valence-electron chi connectivity index (χ0n) is 16.1. The predicted octanol–water partition coefficient (Wildman–Crippen LogP) is 2.65. The van der Waals surface area contributed by atoms with Gasteiger partial charge in [0.1, 0.15) is 0 Å². The Labute approximate surface area is 160 Å². The largest absolute Gasteiger partial charge is 0.345 e. The standard InChI is InChI=1S/C20H33F2N3O2/c1-2-5-17(18(26)14-15-6-3-4-7-15)24-19(27)16(23)8-11-25-12-9-20(21,22)10-13-25/h2,15-17H,1,3-14,23H2,(H,24,27)/t16-,17-/m0/s1. The third kappa shape index (κ3) is 7.30. The van der Waals surface area contributed by atoms with Gasteiger partial charge >= 0.3 is 0 Å². The lowest BCUT2D eigenvalue weighted by atomic mass is 9.95. The number of alkyl halides is 2. The fourth-order valence-electron chi connectivity index (χ4n) is 3.91. The van der Waals surface area contributed by atoms with E-state index in [-0.39, 0.29) is 24.5 Å². The van der Waals surface area contributed by atoms with Crippen LogP contribution in [0.5, 0.6) is 0 Å². The molecule has 0 aromatic rings. The number of hydrogen-bond donors (Lipinski definition) is 2. The molecule has 5 nitrogen and oxygen atoms in total. The van der Waals surface area contributed by atoms with Gasteiger partial charge in [-0.25, -0.2) is 8.78 Å². The van der Waals surface area contributed by atoms with Gasteiger partial charge in [0.2, 0.25) is 5.91 Å². The van der Waals surface area contributed by atoms with Crippen LogP contribution in [-0.2, 0) is 9.59 Å². The topological polar surface area (TPSA) is 75.4 Å². The number of carbonyl (C=O) groups excluding carboxylic acids is 2. The van der Waals surface area contributed by atoms with Crippen molar-refractivity contribution < 1.29 is 18.4 Å². The zero-order valence-corrected chi connectivity index (χ0v) is 16.1. The summed E-state index contributed by atoms with van der Waals surface area (Å²) in [6, 6.07) is -1.32. The Hall–Kier alpha value is -1.34. The number of rotatable bonds is 10. The summed E-state index contributed by atoms with van der Waals surface area (Å²) in [6.45, 7) is 4.82. The van der Waals surface area contributed by atoms with E-state index in [2.05, 4.69) is 11.9 Å². The zero-order chi connectivity index (χ0) is 19.9. The summed E-state index contributed by atoms with van der Waals surface area (Å²) in [5, 5.41) is 2.77. The van der Waals surface area contributed by atoms with Gasteiger partial charge in [0.15, 0.2) is 5.78 Å². The minimum atomic E-state index is -2.58. The molecule has 0 spiro atoms.